The molecule has 0 saturated carbocycles. The normalized spacial score (nSPS) is 10.9. The van der Waals surface area contributed by atoms with Crippen molar-refractivity contribution in [2.75, 3.05) is 0 Å². The molecule has 0 radical (unpaired) electrons. The summed E-state index contributed by atoms with van der Waals surface area (Å²) in [6.45, 7) is 3.60. The summed E-state index contributed by atoms with van der Waals surface area (Å²) in [5.41, 5.74) is 3.21. The van der Waals surface area contributed by atoms with Crippen molar-refractivity contribution in [1.82, 2.24) is 0 Å². The van der Waals surface area contributed by atoms with Crippen LogP contribution in [0.5, 0.6) is 0 Å². The van der Waals surface area contributed by atoms with Crippen molar-refractivity contribution in [2.45, 2.75) is 20.0 Å². The van der Waals surface area contributed by atoms with Crippen LogP contribution in [0, 0.1) is 6.92 Å². The topological polar surface area (TPSA) is 29.8 Å². The Kier molecular flexibility index (Phi) is 5.06. The number of halogens is 2. The predicted molar refractivity (Wildman–Crippen MR) is 94.7 cm³/mol. The first-order valence-corrected chi connectivity index (χ1v) is 8.30. The lowest BCUT2D eigenvalue weighted by Crippen LogP contribution is -2.80. The SMILES string of the molecule is Cc1c(Cl)cccc1-c1ccc(C[NH2+]Cc2ccccc2Cl)o1. The molecule has 1 aromatic heterocycles. The molecule has 0 atom stereocenters. The van der Waals surface area contributed by atoms with Gasteiger partial charge in [0.2, 0.25) is 0 Å². The van der Waals surface area contributed by atoms with Gasteiger partial charge in [-0.05, 0) is 36.8 Å². The molecular weight excluding hydrogens is 329 g/mol. The van der Waals surface area contributed by atoms with E-state index in [1.165, 1.54) is 0 Å². The molecule has 0 fully saturated rings. The van der Waals surface area contributed by atoms with Crippen LogP contribution in [0.25, 0.3) is 11.3 Å². The minimum Gasteiger partial charge on any atom is -0.455 e. The first-order valence-electron chi connectivity index (χ1n) is 7.54. The Hall–Kier alpha value is -1.74. The molecular formula is C19H18Cl2NO+. The van der Waals surface area contributed by atoms with Crippen LogP contribution in [-0.2, 0) is 13.1 Å². The summed E-state index contributed by atoms with van der Waals surface area (Å²) in [5, 5.41) is 3.73. The maximum Gasteiger partial charge on any atom is 0.158 e. The molecule has 0 aliphatic carbocycles. The molecule has 118 valence electrons. The van der Waals surface area contributed by atoms with Crippen LogP contribution in [0.4, 0.5) is 0 Å². The Bertz CT molecular complexity index is 811. The lowest BCUT2D eigenvalue weighted by molar-refractivity contribution is -0.687. The van der Waals surface area contributed by atoms with Crippen LogP contribution in [0.3, 0.4) is 0 Å². The number of furan rings is 1. The van der Waals surface area contributed by atoms with Gasteiger partial charge in [-0.1, -0.05) is 53.5 Å². The lowest BCUT2D eigenvalue weighted by atomic mass is 10.1. The van der Waals surface area contributed by atoms with Crippen molar-refractivity contribution in [3.8, 4) is 11.3 Å². The molecule has 0 aliphatic heterocycles. The Morgan fingerprint density at radius 2 is 1.65 bits per heavy atom. The van der Waals surface area contributed by atoms with Gasteiger partial charge >= 0.3 is 0 Å². The van der Waals surface area contributed by atoms with E-state index in [1.807, 2.05) is 61.5 Å². The van der Waals surface area contributed by atoms with Gasteiger partial charge in [0.15, 0.2) is 5.76 Å². The van der Waals surface area contributed by atoms with Crippen molar-refractivity contribution < 1.29 is 9.73 Å². The molecule has 2 N–H and O–H groups in total. The fourth-order valence-corrected chi connectivity index (χ4v) is 2.93. The van der Waals surface area contributed by atoms with E-state index in [2.05, 4.69) is 5.32 Å². The predicted octanol–water partition coefficient (Wildman–Crippen LogP) is 4.83. The monoisotopic (exact) mass is 346 g/mol. The van der Waals surface area contributed by atoms with E-state index < -0.39 is 0 Å². The maximum atomic E-state index is 6.18. The fraction of sp³-hybridized carbons (Fsp3) is 0.158. The third kappa shape index (κ3) is 3.78. The molecule has 0 aliphatic rings. The quantitative estimate of drug-likeness (QED) is 0.704. The second-order valence-corrected chi connectivity index (χ2v) is 6.28. The van der Waals surface area contributed by atoms with Gasteiger partial charge in [-0.15, -0.1) is 0 Å². The summed E-state index contributed by atoms with van der Waals surface area (Å²) in [6, 6.07) is 17.8. The highest BCUT2D eigenvalue weighted by Gasteiger charge is 2.10. The van der Waals surface area contributed by atoms with E-state index in [0.717, 1.165) is 51.3 Å². The van der Waals surface area contributed by atoms with Gasteiger partial charge < -0.3 is 9.73 Å². The number of rotatable bonds is 5. The summed E-state index contributed by atoms with van der Waals surface area (Å²) < 4.78 is 5.95. The van der Waals surface area contributed by atoms with Crippen molar-refractivity contribution in [2.24, 2.45) is 0 Å². The summed E-state index contributed by atoms with van der Waals surface area (Å²) in [6.07, 6.45) is 0. The number of nitrogens with two attached hydrogens (primary N) is 1. The van der Waals surface area contributed by atoms with E-state index >= 15 is 0 Å². The fourth-order valence-electron chi connectivity index (χ4n) is 2.54. The van der Waals surface area contributed by atoms with Crippen LogP contribution in [0.1, 0.15) is 16.9 Å². The molecule has 2 aromatic carbocycles. The average Bonchev–Trinajstić information content (AvgIpc) is 3.00. The Labute approximate surface area is 146 Å². The van der Waals surface area contributed by atoms with Gasteiger partial charge in [-0.2, -0.15) is 0 Å². The molecule has 3 rings (SSSR count). The van der Waals surface area contributed by atoms with Gasteiger partial charge in [0.1, 0.15) is 18.8 Å². The Balaban J connectivity index is 1.66. The first kappa shape index (κ1) is 16.1. The van der Waals surface area contributed by atoms with E-state index in [1.54, 1.807) is 0 Å². The molecule has 0 saturated heterocycles. The number of hydrogen-bond acceptors (Lipinski definition) is 1. The molecule has 0 unspecified atom stereocenters. The zero-order valence-electron chi connectivity index (χ0n) is 12.9. The number of quaternary nitrogens is 1. The van der Waals surface area contributed by atoms with Crippen molar-refractivity contribution >= 4 is 23.2 Å². The highest BCUT2D eigenvalue weighted by molar-refractivity contribution is 6.31. The van der Waals surface area contributed by atoms with Crippen LogP contribution in [-0.4, -0.2) is 0 Å². The average molecular weight is 347 g/mol. The standard InChI is InChI=1S/C19H17Cl2NO/c1-13-16(6-4-8-17(13)20)19-10-9-15(23-19)12-22-11-14-5-2-3-7-18(14)21/h2-10,22H,11-12H2,1H3/p+1. The smallest absolute Gasteiger partial charge is 0.158 e. The number of hydrogen-bond donors (Lipinski definition) is 1. The Morgan fingerprint density at radius 1 is 0.870 bits per heavy atom. The van der Waals surface area contributed by atoms with E-state index in [-0.39, 0.29) is 0 Å². The van der Waals surface area contributed by atoms with E-state index in [0.29, 0.717) is 0 Å². The van der Waals surface area contributed by atoms with Gasteiger partial charge in [0.25, 0.3) is 0 Å². The van der Waals surface area contributed by atoms with Gasteiger partial charge in [0, 0.05) is 21.2 Å². The zero-order chi connectivity index (χ0) is 16.2. The van der Waals surface area contributed by atoms with Gasteiger partial charge in [-0.25, -0.2) is 0 Å². The second kappa shape index (κ2) is 7.22. The minimum atomic E-state index is 0.755. The van der Waals surface area contributed by atoms with Crippen molar-refractivity contribution in [3.05, 3.63) is 81.5 Å². The van der Waals surface area contributed by atoms with Crippen molar-refractivity contribution in [1.29, 1.82) is 0 Å². The van der Waals surface area contributed by atoms with E-state index in [9.17, 15) is 0 Å². The van der Waals surface area contributed by atoms with Crippen LogP contribution < -0.4 is 5.32 Å². The molecule has 4 heteroatoms. The maximum absolute atomic E-state index is 6.18. The van der Waals surface area contributed by atoms with Crippen LogP contribution >= 0.6 is 23.2 Å². The lowest BCUT2D eigenvalue weighted by Gasteiger charge is -2.04. The largest absolute Gasteiger partial charge is 0.455 e. The molecule has 1 heterocycles. The second-order valence-electron chi connectivity index (χ2n) is 5.47. The highest BCUT2D eigenvalue weighted by atomic mass is 35.5. The summed E-state index contributed by atoms with van der Waals surface area (Å²) >= 11 is 12.3. The molecule has 2 nitrogen and oxygen atoms in total. The molecule has 23 heavy (non-hydrogen) atoms. The third-order valence-electron chi connectivity index (χ3n) is 3.86. The minimum absolute atomic E-state index is 0.755. The van der Waals surface area contributed by atoms with Gasteiger partial charge in [0.05, 0.1) is 0 Å². The molecule has 3 aromatic rings. The van der Waals surface area contributed by atoms with E-state index in [4.69, 9.17) is 27.6 Å². The van der Waals surface area contributed by atoms with Crippen molar-refractivity contribution in [3.63, 3.8) is 0 Å². The summed E-state index contributed by atoms with van der Waals surface area (Å²) in [7, 11) is 0. The molecule has 0 bridgehead atoms. The molecule has 0 amide bonds. The third-order valence-corrected chi connectivity index (χ3v) is 4.64. The Morgan fingerprint density at radius 3 is 2.48 bits per heavy atom. The number of benzene rings is 2. The van der Waals surface area contributed by atoms with Crippen LogP contribution in [0.2, 0.25) is 10.0 Å². The molecule has 0 spiro atoms. The zero-order valence-corrected chi connectivity index (χ0v) is 14.4. The van der Waals surface area contributed by atoms with Gasteiger partial charge in [-0.3, -0.25) is 0 Å². The highest BCUT2D eigenvalue weighted by Crippen LogP contribution is 2.29. The summed E-state index contributed by atoms with van der Waals surface area (Å²) in [5.74, 6) is 1.79. The van der Waals surface area contributed by atoms with Crippen LogP contribution in [0.15, 0.2) is 59.0 Å². The first-order chi connectivity index (χ1) is 11.1. The summed E-state index contributed by atoms with van der Waals surface area (Å²) in [4.78, 5) is 0.